The van der Waals surface area contributed by atoms with Gasteiger partial charge < -0.3 is 9.64 Å². The summed E-state index contributed by atoms with van der Waals surface area (Å²) in [5.41, 5.74) is 3.60. The van der Waals surface area contributed by atoms with Gasteiger partial charge in [0.1, 0.15) is 5.75 Å². The predicted molar refractivity (Wildman–Crippen MR) is 78.2 cm³/mol. The number of benzene rings is 1. The number of methoxy groups -OCH3 is 1. The Bertz CT molecular complexity index is 439. The first-order valence-corrected chi connectivity index (χ1v) is 6.74. The molecule has 0 saturated carbocycles. The SMILES string of the molecule is CCC(C#N)CN(C)Cc1cc(C)c(OC)c(C)c1. The minimum absolute atomic E-state index is 0.116. The number of rotatable bonds is 6. The van der Waals surface area contributed by atoms with Crippen LogP contribution in [0.5, 0.6) is 5.75 Å². The van der Waals surface area contributed by atoms with E-state index in [1.807, 2.05) is 0 Å². The third-order valence-electron chi connectivity index (χ3n) is 3.38. The molecule has 1 atom stereocenters. The second-order valence-electron chi connectivity index (χ2n) is 5.19. The number of hydrogen-bond acceptors (Lipinski definition) is 3. The van der Waals surface area contributed by atoms with Gasteiger partial charge >= 0.3 is 0 Å². The highest BCUT2D eigenvalue weighted by molar-refractivity contribution is 5.43. The first-order valence-electron chi connectivity index (χ1n) is 6.74. The number of nitrogens with zero attached hydrogens (tertiary/aromatic N) is 2. The van der Waals surface area contributed by atoms with Gasteiger partial charge in [-0.05, 0) is 44.0 Å². The predicted octanol–water partition coefficient (Wildman–Crippen LogP) is 3.29. The smallest absolute Gasteiger partial charge is 0.124 e. The molecule has 3 heteroatoms. The number of nitriles is 1. The largest absolute Gasteiger partial charge is 0.496 e. The summed E-state index contributed by atoms with van der Waals surface area (Å²) in [5, 5.41) is 9.00. The third kappa shape index (κ3) is 4.25. The van der Waals surface area contributed by atoms with E-state index in [9.17, 15) is 0 Å². The van der Waals surface area contributed by atoms with Crippen molar-refractivity contribution in [2.45, 2.75) is 33.7 Å². The molecule has 19 heavy (non-hydrogen) atoms. The standard InChI is InChI=1S/C16H24N2O/c1-6-14(9-17)10-18(4)11-15-7-12(2)16(19-5)13(3)8-15/h7-8,14H,6,10-11H2,1-5H3. The Labute approximate surface area is 116 Å². The Morgan fingerprint density at radius 2 is 1.89 bits per heavy atom. The van der Waals surface area contributed by atoms with E-state index >= 15 is 0 Å². The molecule has 0 radical (unpaired) electrons. The van der Waals surface area contributed by atoms with Crippen molar-refractivity contribution in [3.05, 3.63) is 28.8 Å². The molecule has 0 heterocycles. The number of ether oxygens (including phenoxy) is 1. The summed E-state index contributed by atoms with van der Waals surface area (Å²) < 4.78 is 5.38. The lowest BCUT2D eigenvalue weighted by Gasteiger charge is -2.20. The van der Waals surface area contributed by atoms with E-state index in [4.69, 9.17) is 10.00 Å². The van der Waals surface area contributed by atoms with Gasteiger partial charge in [-0.1, -0.05) is 19.1 Å². The molecule has 1 aromatic carbocycles. The summed E-state index contributed by atoms with van der Waals surface area (Å²) in [6, 6.07) is 6.67. The van der Waals surface area contributed by atoms with Gasteiger partial charge in [-0.25, -0.2) is 0 Å². The quantitative estimate of drug-likeness (QED) is 0.787. The molecule has 0 aliphatic carbocycles. The molecule has 1 rings (SSSR count). The maximum absolute atomic E-state index is 9.00. The van der Waals surface area contributed by atoms with Crippen LogP contribution >= 0.6 is 0 Å². The molecule has 1 unspecified atom stereocenters. The fourth-order valence-corrected chi connectivity index (χ4v) is 2.47. The Morgan fingerprint density at radius 3 is 2.32 bits per heavy atom. The minimum atomic E-state index is 0.116. The molecule has 0 amide bonds. The third-order valence-corrected chi connectivity index (χ3v) is 3.38. The van der Waals surface area contributed by atoms with Crippen molar-refractivity contribution in [1.29, 1.82) is 5.26 Å². The topological polar surface area (TPSA) is 36.3 Å². The second kappa shape index (κ2) is 7.16. The zero-order chi connectivity index (χ0) is 14.4. The average Bonchev–Trinajstić information content (AvgIpc) is 2.35. The number of hydrogen-bond donors (Lipinski definition) is 0. The van der Waals surface area contributed by atoms with Gasteiger partial charge in [0.05, 0.1) is 19.1 Å². The normalized spacial score (nSPS) is 12.3. The lowest BCUT2D eigenvalue weighted by atomic mass is 10.0. The Balaban J connectivity index is 2.75. The van der Waals surface area contributed by atoms with Gasteiger partial charge in [0.15, 0.2) is 0 Å². The van der Waals surface area contributed by atoms with Gasteiger partial charge in [-0.3, -0.25) is 0 Å². The van der Waals surface area contributed by atoms with Crippen molar-refractivity contribution >= 4 is 0 Å². The van der Waals surface area contributed by atoms with Gasteiger partial charge in [0.25, 0.3) is 0 Å². The molecule has 0 spiro atoms. The van der Waals surface area contributed by atoms with Crippen molar-refractivity contribution in [2.75, 3.05) is 20.7 Å². The average molecular weight is 260 g/mol. The summed E-state index contributed by atoms with van der Waals surface area (Å²) >= 11 is 0. The van der Waals surface area contributed by atoms with E-state index in [-0.39, 0.29) is 5.92 Å². The zero-order valence-electron chi connectivity index (χ0n) is 12.7. The molecule has 3 nitrogen and oxygen atoms in total. The highest BCUT2D eigenvalue weighted by Crippen LogP contribution is 2.24. The molecular weight excluding hydrogens is 236 g/mol. The molecule has 104 valence electrons. The Morgan fingerprint density at radius 1 is 1.32 bits per heavy atom. The van der Waals surface area contributed by atoms with Crippen LogP contribution in [0.3, 0.4) is 0 Å². The summed E-state index contributed by atoms with van der Waals surface area (Å²) in [7, 11) is 3.77. The summed E-state index contributed by atoms with van der Waals surface area (Å²) in [6.45, 7) is 7.88. The molecule has 0 aromatic heterocycles. The van der Waals surface area contributed by atoms with Crippen LogP contribution in [0.4, 0.5) is 0 Å². The van der Waals surface area contributed by atoms with Crippen molar-refractivity contribution in [3.63, 3.8) is 0 Å². The minimum Gasteiger partial charge on any atom is -0.496 e. The Hall–Kier alpha value is -1.53. The molecule has 0 bridgehead atoms. The maximum atomic E-state index is 9.00. The van der Waals surface area contributed by atoms with Crippen LogP contribution in [-0.2, 0) is 6.54 Å². The monoisotopic (exact) mass is 260 g/mol. The van der Waals surface area contributed by atoms with Crippen LogP contribution in [0.15, 0.2) is 12.1 Å². The van der Waals surface area contributed by atoms with E-state index in [0.29, 0.717) is 0 Å². The van der Waals surface area contributed by atoms with E-state index in [1.54, 1.807) is 7.11 Å². The van der Waals surface area contributed by atoms with Crippen LogP contribution in [0, 0.1) is 31.1 Å². The van der Waals surface area contributed by atoms with Crippen molar-refractivity contribution in [3.8, 4) is 11.8 Å². The molecule has 0 saturated heterocycles. The second-order valence-corrected chi connectivity index (χ2v) is 5.19. The zero-order valence-corrected chi connectivity index (χ0v) is 12.7. The molecule has 1 aromatic rings. The summed E-state index contributed by atoms with van der Waals surface area (Å²) in [6.07, 6.45) is 0.904. The van der Waals surface area contributed by atoms with E-state index < -0.39 is 0 Å². The van der Waals surface area contributed by atoms with Gasteiger partial charge in [0.2, 0.25) is 0 Å². The molecule has 0 aliphatic heterocycles. The summed E-state index contributed by atoms with van der Waals surface area (Å²) in [4.78, 5) is 2.21. The van der Waals surface area contributed by atoms with E-state index in [2.05, 4.69) is 50.9 Å². The number of aryl methyl sites for hydroxylation is 2. The van der Waals surface area contributed by atoms with Gasteiger partial charge in [-0.2, -0.15) is 5.26 Å². The lowest BCUT2D eigenvalue weighted by molar-refractivity contribution is 0.292. The van der Waals surface area contributed by atoms with E-state index in [0.717, 1.165) is 25.3 Å². The van der Waals surface area contributed by atoms with Crippen LogP contribution < -0.4 is 4.74 Å². The van der Waals surface area contributed by atoms with Crippen LogP contribution in [0.25, 0.3) is 0 Å². The van der Waals surface area contributed by atoms with Crippen molar-refractivity contribution < 1.29 is 4.74 Å². The summed E-state index contributed by atoms with van der Waals surface area (Å²) in [5.74, 6) is 1.08. The van der Waals surface area contributed by atoms with Crippen LogP contribution in [0.1, 0.15) is 30.0 Å². The molecular formula is C16H24N2O. The fourth-order valence-electron chi connectivity index (χ4n) is 2.47. The lowest BCUT2D eigenvalue weighted by Crippen LogP contribution is -2.24. The highest BCUT2D eigenvalue weighted by atomic mass is 16.5. The Kier molecular flexibility index (Phi) is 5.85. The maximum Gasteiger partial charge on any atom is 0.124 e. The molecule has 0 aliphatic rings. The van der Waals surface area contributed by atoms with Crippen molar-refractivity contribution in [2.24, 2.45) is 5.92 Å². The molecule has 0 N–H and O–H groups in total. The van der Waals surface area contributed by atoms with Gasteiger partial charge in [-0.15, -0.1) is 0 Å². The fraction of sp³-hybridized carbons (Fsp3) is 0.562. The van der Waals surface area contributed by atoms with Crippen LogP contribution in [0.2, 0.25) is 0 Å². The van der Waals surface area contributed by atoms with Gasteiger partial charge in [0, 0.05) is 13.1 Å². The first kappa shape index (κ1) is 15.5. The highest BCUT2D eigenvalue weighted by Gasteiger charge is 2.11. The van der Waals surface area contributed by atoms with E-state index in [1.165, 1.54) is 16.7 Å². The molecule has 0 fully saturated rings. The van der Waals surface area contributed by atoms with Crippen LogP contribution in [-0.4, -0.2) is 25.6 Å². The van der Waals surface area contributed by atoms with Crippen molar-refractivity contribution in [1.82, 2.24) is 4.90 Å². The first-order chi connectivity index (χ1) is 9.01.